The lowest BCUT2D eigenvalue weighted by Crippen LogP contribution is -2.10. The van der Waals surface area contributed by atoms with Gasteiger partial charge >= 0.3 is 0 Å². The summed E-state index contributed by atoms with van der Waals surface area (Å²) in [5, 5.41) is 15.0. The number of rotatable bonds is 7. The Morgan fingerprint density at radius 2 is 0.671 bits per heavy atom. The van der Waals surface area contributed by atoms with E-state index < -0.39 is 0 Å². The van der Waals surface area contributed by atoms with Crippen molar-refractivity contribution in [2.75, 3.05) is 4.90 Å². The smallest absolute Gasteiger partial charge is 0.0541 e. The fraction of sp³-hybridized carbons (Fsp3) is 0. The van der Waals surface area contributed by atoms with E-state index in [-0.39, 0.29) is 0 Å². The maximum absolute atomic E-state index is 2.47. The van der Waals surface area contributed by atoms with Crippen LogP contribution in [0.2, 0.25) is 0 Å². The number of hydrogen-bond acceptors (Lipinski definition) is 1. The number of fused-ring (bicyclic) bond motifs is 11. The van der Waals surface area contributed by atoms with Crippen molar-refractivity contribution in [1.29, 1.82) is 0 Å². The van der Waals surface area contributed by atoms with Gasteiger partial charge in [0.15, 0.2) is 0 Å². The molecule has 0 bridgehead atoms. The van der Waals surface area contributed by atoms with Gasteiger partial charge in [-0.05, 0) is 155 Å². The topological polar surface area (TPSA) is 8.17 Å². The molecule has 2 heteroatoms. The molecule has 70 heavy (non-hydrogen) atoms. The molecule has 0 aliphatic rings. The van der Waals surface area contributed by atoms with Gasteiger partial charge in [-0.2, -0.15) is 0 Å². The van der Waals surface area contributed by atoms with E-state index >= 15 is 0 Å². The molecule has 14 rings (SSSR count). The van der Waals surface area contributed by atoms with Crippen molar-refractivity contribution >= 4 is 92.7 Å². The third-order valence-corrected chi connectivity index (χ3v) is 14.5. The molecular formula is C68H44N2. The molecule has 0 aliphatic heterocycles. The van der Waals surface area contributed by atoms with Gasteiger partial charge in [0, 0.05) is 33.2 Å². The molecular weight excluding hydrogens is 845 g/mol. The SMILES string of the molecule is c1ccc(-c2ccc(N(c3ccc(-c4ccc5c(c4)c4cc(-c6ccc7ccccc7c6)ccc4n5-c4ccc5c6ccccc6c6ccccc6c5c4)cc3)c3cccc4ccccc34)cc2)cc1. The summed E-state index contributed by atoms with van der Waals surface area (Å²) in [6.07, 6.45) is 0. The summed E-state index contributed by atoms with van der Waals surface area (Å²) in [7, 11) is 0. The molecule has 0 saturated heterocycles. The van der Waals surface area contributed by atoms with Crippen LogP contribution in [0.1, 0.15) is 0 Å². The number of anilines is 3. The van der Waals surface area contributed by atoms with Crippen LogP contribution in [-0.4, -0.2) is 4.57 Å². The highest BCUT2D eigenvalue weighted by Gasteiger charge is 2.19. The fourth-order valence-electron chi connectivity index (χ4n) is 11.1. The lowest BCUT2D eigenvalue weighted by Gasteiger charge is -2.27. The number of aromatic nitrogens is 1. The zero-order valence-electron chi connectivity index (χ0n) is 38.3. The predicted molar refractivity (Wildman–Crippen MR) is 299 cm³/mol. The minimum absolute atomic E-state index is 1.10. The van der Waals surface area contributed by atoms with Crippen LogP contribution in [0.5, 0.6) is 0 Å². The molecule has 14 aromatic rings. The van der Waals surface area contributed by atoms with E-state index in [9.17, 15) is 0 Å². The maximum Gasteiger partial charge on any atom is 0.0541 e. The summed E-state index contributed by atoms with van der Waals surface area (Å²) in [5.74, 6) is 0. The van der Waals surface area contributed by atoms with Crippen LogP contribution in [0.4, 0.5) is 17.1 Å². The molecule has 326 valence electrons. The summed E-state index contributed by atoms with van der Waals surface area (Å²) in [5.41, 5.74) is 14.0. The standard InChI is InChI=1S/C68H44N2/c1-2-13-45(14-3-1)47-27-33-54(34-28-47)69(66-24-12-18-49-16-6-7-19-57(49)66)55-35-29-48(30-36-55)52-31-39-67-64(42-52)65-43-53(51-26-25-46-15-4-5-17-50(46)41-51)32-40-68(65)70(67)56-37-38-62-60-22-9-8-20-58(60)59-21-10-11-23-61(59)63(62)44-56/h1-44H. The quantitative estimate of drug-likeness (QED) is 0.145. The van der Waals surface area contributed by atoms with Gasteiger partial charge in [-0.25, -0.2) is 0 Å². The largest absolute Gasteiger partial charge is 0.310 e. The number of hydrogen-bond donors (Lipinski definition) is 0. The predicted octanol–water partition coefficient (Wildman–Crippen LogP) is 19.0. The third kappa shape index (κ3) is 6.57. The first-order chi connectivity index (χ1) is 34.7. The summed E-state index contributed by atoms with van der Waals surface area (Å²) >= 11 is 0. The molecule has 1 aromatic heterocycles. The van der Waals surface area contributed by atoms with E-state index in [4.69, 9.17) is 0 Å². The van der Waals surface area contributed by atoms with Crippen molar-refractivity contribution in [3.8, 4) is 39.1 Å². The van der Waals surface area contributed by atoms with E-state index in [1.54, 1.807) is 0 Å². The number of nitrogens with zero attached hydrogens (tertiary/aromatic N) is 2. The van der Waals surface area contributed by atoms with Crippen molar-refractivity contribution in [3.63, 3.8) is 0 Å². The van der Waals surface area contributed by atoms with E-state index in [1.807, 2.05) is 0 Å². The molecule has 0 radical (unpaired) electrons. The monoisotopic (exact) mass is 888 g/mol. The van der Waals surface area contributed by atoms with E-state index in [0.29, 0.717) is 0 Å². The van der Waals surface area contributed by atoms with Crippen molar-refractivity contribution in [3.05, 3.63) is 267 Å². The van der Waals surface area contributed by atoms with E-state index in [0.717, 1.165) is 22.7 Å². The second-order valence-electron chi connectivity index (χ2n) is 18.5. The summed E-state index contributed by atoms with van der Waals surface area (Å²) in [4.78, 5) is 2.39. The lowest BCUT2D eigenvalue weighted by atomic mass is 9.94. The zero-order chi connectivity index (χ0) is 46.1. The Kier molecular flexibility index (Phi) is 9.25. The minimum Gasteiger partial charge on any atom is -0.310 e. The summed E-state index contributed by atoms with van der Waals surface area (Å²) in [6.45, 7) is 0. The third-order valence-electron chi connectivity index (χ3n) is 14.5. The van der Waals surface area contributed by atoms with Crippen LogP contribution in [0.25, 0.3) is 115 Å². The average molecular weight is 889 g/mol. The van der Waals surface area contributed by atoms with Gasteiger partial charge in [0.2, 0.25) is 0 Å². The zero-order valence-corrected chi connectivity index (χ0v) is 38.3. The molecule has 0 saturated carbocycles. The van der Waals surface area contributed by atoms with Gasteiger partial charge in [0.1, 0.15) is 0 Å². The molecule has 0 atom stereocenters. The molecule has 0 amide bonds. The first-order valence-electron chi connectivity index (χ1n) is 24.2. The van der Waals surface area contributed by atoms with Gasteiger partial charge in [0.05, 0.1) is 16.7 Å². The van der Waals surface area contributed by atoms with Gasteiger partial charge in [0.25, 0.3) is 0 Å². The van der Waals surface area contributed by atoms with E-state index in [1.165, 1.54) is 109 Å². The second kappa shape index (κ2) is 16.2. The Morgan fingerprint density at radius 3 is 1.31 bits per heavy atom. The fourth-order valence-corrected chi connectivity index (χ4v) is 11.1. The van der Waals surface area contributed by atoms with Crippen LogP contribution in [-0.2, 0) is 0 Å². The molecule has 0 fully saturated rings. The Hall–Kier alpha value is -9.24. The van der Waals surface area contributed by atoms with Gasteiger partial charge in [-0.1, -0.05) is 194 Å². The summed E-state index contributed by atoms with van der Waals surface area (Å²) in [6, 6.07) is 98.1. The summed E-state index contributed by atoms with van der Waals surface area (Å²) < 4.78 is 2.47. The average Bonchev–Trinajstić information content (AvgIpc) is 3.76. The van der Waals surface area contributed by atoms with E-state index in [2.05, 4.69) is 276 Å². The maximum atomic E-state index is 2.47. The molecule has 1 heterocycles. The van der Waals surface area contributed by atoms with Crippen LogP contribution < -0.4 is 4.90 Å². The molecule has 13 aromatic carbocycles. The highest BCUT2D eigenvalue weighted by molar-refractivity contribution is 6.25. The van der Waals surface area contributed by atoms with Crippen LogP contribution >= 0.6 is 0 Å². The second-order valence-corrected chi connectivity index (χ2v) is 18.5. The number of benzene rings is 13. The van der Waals surface area contributed by atoms with Crippen LogP contribution in [0.3, 0.4) is 0 Å². The van der Waals surface area contributed by atoms with Gasteiger partial charge in [-0.3, -0.25) is 0 Å². The highest BCUT2D eigenvalue weighted by atomic mass is 15.1. The normalized spacial score (nSPS) is 11.7. The van der Waals surface area contributed by atoms with Crippen molar-refractivity contribution in [2.24, 2.45) is 0 Å². The van der Waals surface area contributed by atoms with Crippen molar-refractivity contribution in [2.45, 2.75) is 0 Å². The first kappa shape index (κ1) is 39.9. The Balaban J connectivity index is 0.923. The molecule has 0 spiro atoms. The Bertz CT molecular complexity index is 4290. The molecule has 2 nitrogen and oxygen atoms in total. The molecule has 0 unspecified atom stereocenters. The van der Waals surface area contributed by atoms with Crippen LogP contribution in [0, 0.1) is 0 Å². The minimum atomic E-state index is 1.10. The Morgan fingerprint density at radius 1 is 0.229 bits per heavy atom. The van der Waals surface area contributed by atoms with Crippen molar-refractivity contribution in [1.82, 2.24) is 4.57 Å². The van der Waals surface area contributed by atoms with Gasteiger partial charge in [-0.15, -0.1) is 0 Å². The lowest BCUT2D eigenvalue weighted by molar-refractivity contribution is 1.19. The highest BCUT2D eigenvalue weighted by Crippen LogP contribution is 2.43. The first-order valence-corrected chi connectivity index (χ1v) is 24.2. The van der Waals surface area contributed by atoms with Gasteiger partial charge < -0.3 is 9.47 Å². The van der Waals surface area contributed by atoms with Crippen LogP contribution in [0.15, 0.2) is 267 Å². The molecule has 0 aliphatic carbocycles. The molecule has 0 N–H and O–H groups in total. The Labute approximate surface area is 406 Å². The van der Waals surface area contributed by atoms with Crippen molar-refractivity contribution < 1.29 is 0 Å².